The van der Waals surface area contributed by atoms with Crippen LogP contribution in [0.5, 0.6) is 5.75 Å². The van der Waals surface area contributed by atoms with Crippen LogP contribution in [0.1, 0.15) is 36.3 Å². The van der Waals surface area contributed by atoms with Gasteiger partial charge in [0.2, 0.25) is 5.91 Å². The Morgan fingerprint density at radius 2 is 2.11 bits per heavy atom. The Balaban J connectivity index is 1.46. The van der Waals surface area contributed by atoms with E-state index in [9.17, 15) is 4.79 Å². The van der Waals surface area contributed by atoms with Crippen molar-refractivity contribution in [2.45, 2.75) is 37.6 Å². The molecule has 5 nitrogen and oxygen atoms in total. The zero-order chi connectivity index (χ0) is 18.7. The molecule has 1 saturated carbocycles. The molecule has 0 atom stereocenters. The molecule has 2 aromatic heterocycles. The van der Waals surface area contributed by atoms with Crippen LogP contribution >= 0.6 is 11.3 Å². The Labute approximate surface area is 162 Å². The maximum atomic E-state index is 13.0. The lowest BCUT2D eigenvalue weighted by molar-refractivity contribution is -0.126. The quantitative estimate of drug-likeness (QED) is 0.680. The minimum Gasteiger partial charge on any atom is -0.497 e. The van der Waals surface area contributed by atoms with E-state index in [-0.39, 0.29) is 11.3 Å². The molecule has 1 fully saturated rings. The average molecular weight is 382 g/mol. The van der Waals surface area contributed by atoms with Crippen molar-refractivity contribution < 1.29 is 14.1 Å². The number of hydrogen-bond donors (Lipinski definition) is 1. The molecule has 0 spiro atoms. The predicted molar refractivity (Wildman–Crippen MR) is 105 cm³/mol. The molecular formula is C21H22N2O3S. The summed E-state index contributed by atoms with van der Waals surface area (Å²) in [5, 5.41) is 9.22. The summed E-state index contributed by atoms with van der Waals surface area (Å²) in [6.45, 7) is 0.361. The van der Waals surface area contributed by atoms with E-state index >= 15 is 0 Å². The van der Waals surface area contributed by atoms with Gasteiger partial charge >= 0.3 is 0 Å². The van der Waals surface area contributed by atoms with Crippen LogP contribution < -0.4 is 10.1 Å². The van der Waals surface area contributed by atoms with Gasteiger partial charge in [0, 0.05) is 16.5 Å². The molecule has 0 unspecified atom stereocenters. The first-order valence-electron chi connectivity index (χ1n) is 9.13. The summed E-state index contributed by atoms with van der Waals surface area (Å²) >= 11 is 1.67. The van der Waals surface area contributed by atoms with E-state index in [2.05, 4.69) is 16.5 Å². The number of carbonyl (C=O) groups is 1. The third-order valence-corrected chi connectivity index (χ3v) is 6.30. The molecule has 2 heterocycles. The molecule has 0 radical (unpaired) electrons. The van der Waals surface area contributed by atoms with Crippen molar-refractivity contribution in [1.82, 2.24) is 10.5 Å². The summed E-state index contributed by atoms with van der Waals surface area (Å²) in [6, 6.07) is 13.6. The highest BCUT2D eigenvalue weighted by molar-refractivity contribution is 7.10. The highest BCUT2D eigenvalue weighted by Crippen LogP contribution is 2.43. The van der Waals surface area contributed by atoms with E-state index in [0.29, 0.717) is 18.0 Å². The lowest BCUT2D eigenvalue weighted by Gasteiger charge is -2.26. The maximum Gasteiger partial charge on any atom is 0.231 e. The summed E-state index contributed by atoms with van der Waals surface area (Å²) < 4.78 is 10.7. The van der Waals surface area contributed by atoms with Gasteiger partial charge in [-0.1, -0.05) is 36.2 Å². The number of aromatic nitrogens is 1. The van der Waals surface area contributed by atoms with Gasteiger partial charge in [-0.3, -0.25) is 4.79 Å². The number of carbonyl (C=O) groups excluding carboxylic acids is 1. The minimum absolute atomic E-state index is 0.0911. The number of thiophene rings is 1. The molecule has 0 aliphatic heterocycles. The maximum absolute atomic E-state index is 13.0. The van der Waals surface area contributed by atoms with Crippen molar-refractivity contribution in [2.75, 3.05) is 7.11 Å². The van der Waals surface area contributed by atoms with Gasteiger partial charge in [0.05, 0.1) is 19.1 Å². The molecule has 1 aliphatic carbocycles. The van der Waals surface area contributed by atoms with Crippen molar-refractivity contribution in [3.05, 3.63) is 58.4 Å². The van der Waals surface area contributed by atoms with Gasteiger partial charge in [0.15, 0.2) is 5.76 Å². The molecule has 1 aliphatic rings. The third kappa shape index (κ3) is 3.49. The number of nitrogens with one attached hydrogen (secondary N) is 1. The molecule has 1 aromatic carbocycles. The van der Waals surface area contributed by atoms with Crippen molar-refractivity contribution in [2.24, 2.45) is 0 Å². The van der Waals surface area contributed by atoms with Crippen molar-refractivity contribution >= 4 is 17.2 Å². The highest BCUT2D eigenvalue weighted by atomic mass is 32.1. The Bertz CT molecular complexity index is 911. The fourth-order valence-electron chi connectivity index (χ4n) is 3.76. The SMILES string of the molecule is COc1cccc(-c2cc(CNC(=O)C3(c4cccs4)CCCC3)no2)c1. The average Bonchev–Trinajstić information content (AvgIpc) is 3.47. The fraction of sp³-hybridized carbons (Fsp3) is 0.333. The lowest BCUT2D eigenvalue weighted by Crippen LogP contribution is -2.41. The number of benzene rings is 1. The van der Waals surface area contributed by atoms with Crippen LogP contribution in [-0.4, -0.2) is 18.2 Å². The molecular weight excluding hydrogens is 360 g/mol. The largest absolute Gasteiger partial charge is 0.497 e. The number of rotatable bonds is 6. The van der Waals surface area contributed by atoms with Crippen molar-refractivity contribution in [3.63, 3.8) is 0 Å². The first-order valence-corrected chi connectivity index (χ1v) is 10.0. The third-order valence-electron chi connectivity index (χ3n) is 5.23. The van der Waals surface area contributed by atoms with Gasteiger partial charge in [-0.05, 0) is 36.4 Å². The Morgan fingerprint density at radius 3 is 2.85 bits per heavy atom. The topological polar surface area (TPSA) is 64.4 Å². The normalized spacial score (nSPS) is 15.6. The predicted octanol–water partition coefficient (Wildman–Crippen LogP) is 4.54. The van der Waals surface area contributed by atoms with Crippen LogP contribution in [0.25, 0.3) is 11.3 Å². The first-order chi connectivity index (χ1) is 13.2. The molecule has 1 amide bonds. The summed E-state index contributed by atoms with van der Waals surface area (Å²) in [7, 11) is 1.63. The van der Waals surface area contributed by atoms with E-state index < -0.39 is 0 Å². The summed E-state index contributed by atoms with van der Waals surface area (Å²) in [5.41, 5.74) is 1.22. The molecule has 27 heavy (non-hydrogen) atoms. The second kappa shape index (κ2) is 7.56. The second-order valence-corrected chi connectivity index (χ2v) is 7.81. The summed E-state index contributed by atoms with van der Waals surface area (Å²) in [4.78, 5) is 14.2. The Morgan fingerprint density at radius 1 is 1.26 bits per heavy atom. The van der Waals surface area contributed by atoms with E-state index in [1.54, 1.807) is 18.4 Å². The molecule has 4 rings (SSSR count). The minimum atomic E-state index is -0.381. The smallest absolute Gasteiger partial charge is 0.231 e. The van der Waals surface area contributed by atoms with E-state index in [0.717, 1.165) is 41.9 Å². The summed E-state index contributed by atoms with van der Waals surface area (Å²) in [5.74, 6) is 1.51. The molecule has 0 saturated heterocycles. The first kappa shape index (κ1) is 17.8. The van der Waals surface area contributed by atoms with Gasteiger partial charge in [-0.2, -0.15) is 0 Å². The molecule has 1 N–H and O–H groups in total. The Hall–Kier alpha value is -2.60. The van der Waals surface area contributed by atoms with E-state index in [1.165, 1.54) is 0 Å². The monoisotopic (exact) mass is 382 g/mol. The summed E-state index contributed by atoms with van der Waals surface area (Å²) in [6.07, 6.45) is 4.00. The highest BCUT2D eigenvalue weighted by Gasteiger charge is 2.43. The van der Waals surface area contributed by atoms with Crippen LogP contribution in [-0.2, 0) is 16.8 Å². The van der Waals surface area contributed by atoms with Gasteiger partial charge in [0.25, 0.3) is 0 Å². The number of nitrogens with zero attached hydrogens (tertiary/aromatic N) is 1. The number of hydrogen-bond acceptors (Lipinski definition) is 5. The lowest BCUT2D eigenvalue weighted by atomic mass is 9.83. The van der Waals surface area contributed by atoms with Crippen molar-refractivity contribution in [3.8, 4) is 17.1 Å². The van der Waals surface area contributed by atoms with Crippen molar-refractivity contribution in [1.29, 1.82) is 0 Å². The van der Waals surface area contributed by atoms with Crippen LogP contribution in [0.2, 0.25) is 0 Å². The molecule has 3 aromatic rings. The van der Waals surface area contributed by atoms with Crippen LogP contribution in [0.3, 0.4) is 0 Å². The number of ether oxygens (including phenoxy) is 1. The molecule has 0 bridgehead atoms. The van der Waals surface area contributed by atoms with E-state index in [4.69, 9.17) is 9.26 Å². The number of methoxy groups -OCH3 is 1. The zero-order valence-electron chi connectivity index (χ0n) is 15.2. The molecule has 6 heteroatoms. The van der Waals surface area contributed by atoms with Gasteiger partial charge in [0.1, 0.15) is 11.4 Å². The van der Waals surface area contributed by atoms with Crippen LogP contribution in [0.4, 0.5) is 0 Å². The number of amides is 1. The second-order valence-electron chi connectivity index (χ2n) is 6.86. The fourth-order valence-corrected chi connectivity index (χ4v) is 4.75. The Kier molecular flexibility index (Phi) is 4.99. The van der Waals surface area contributed by atoms with Gasteiger partial charge < -0.3 is 14.6 Å². The van der Waals surface area contributed by atoms with Crippen LogP contribution in [0.15, 0.2) is 52.4 Å². The standard InChI is InChI=1S/C21H22N2O3S/c1-25-17-7-4-6-15(12-17)18-13-16(23-26-18)14-22-20(24)21(9-2-3-10-21)19-8-5-11-27-19/h4-8,11-13H,2-3,9-10,14H2,1H3,(H,22,24). The molecule has 140 valence electrons. The van der Waals surface area contributed by atoms with E-state index in [1.807, 2.05) is 41.8 Å². The van der Waals surface area contributed by atoms with Gasteiger partial charge in [-0.25, -0.2) is 0 Å². The van der Waals surface area contributed by atoms with Gasteiger partial charge in [-0.15, -0.1) is 11.3 Å². The van der Waals surface area contributed by atoms with Crippen LogP contribution in [0, 0.1) is 0 Å². The zero-order valence-corrected chi connectivity index (χ0v) is 16.1.